The van der Waals surface area contributed by atoms with Gasteiger partial charge in [0.1, 0.15) is 0 Å². The summed E-state index contributed by atoms with van der Waals surface area (Å²) in [4.78, 5) is 16.3. The van der Waals surface area contributed by atoms with Crippen molar-refractivity contribution in [1.29, 1.82) is 0 Å². The van der Waals surface area contributed by atoms with Crippen LogP contribution >= 0.6 is 15.9 Å². The van der Waals surface area contributed by atoms with Gasteiger partial charge in [-0.05, 0) is 49.2 Å². The van der Waals surface area contributed by atoms with Crippen molar-refractivity contribution in [3.05, 3.63) is 57.8 Å². The van der Waals surface area contributed by atoms with E-state index < -0.39 is 0 Å². The number of nitrogens with one attached hydrogen (secondary N) is 1. The summed E-state index contributed by atoms with van der Waals surface area (Å²) < 4.78 is 1.02. The number of benzene rings is 1. The predicted octanol–water partition coefficient (Wildman–Crippen LogP) is 3.97. The molecule has 4 heteroatoms. The zero-order valence-corrected chi connectivity index (χ0v) is 12.5. The van der Waals surface area contributed by atoms with Gasteiger partial charge < -0.3 is 5.32 Å². The van der Waals surface area contributed by atoms with E-state index in [9.17, 15) is 4.79 Å². The van der Waals surface area contributed by atoms with Gasteiger partial charge in [0.2, 0.25) is 0 Å². The summed E-state index contributed by atoms with van der Waals surface area (Å²) >= 11 is 3.44. The zero-order chi connectivity index (χ0) is 13.8. The van der Waals surface area contributed by atoms with Crippen LogP contribution in [0.25, 0.3) is 0 Å². The number of carbonyl (C=O) groups excluding carboxylic acids is 1. The van der Waals surface area contributed by atoms with Crippen molar-refractivity contribution in [2.45, 2.75) is 20.3 Å². The molecule has 0 bridgehead atoms. The number of nitrogens with zero attached hydrogens (tertiary/aromatic N) is 1. The van der Waals surface area contributed by atoms with Crippen LogP contribution in [-0.2, 0) is 6.42 Å². The molecule has 0 saturated heterocycles. The van der Waals surface area contributed by atoms with E-state index in [0.717, 1.165) is 27.8 Å². The highest BCUT2D eigenvalue weighted by Crippen LogP contribution is 2.22. The number of hydrogen-bond donors (Lipinski definition) is 1. The largest absolute Gasteiger partial charge is 0.322 e. The van der Waals surface area contributed by atoms with Gasteiger partial charge >= 0.3 is 0 Å². The standard InChI is InChI=1S/C15H15BrN2O/c1-3-11-9-13(16)4-5-14(11)18-15(19)12-6-7-17-10(2)8-12/h4-9H,3H2,1-2H3,(H,18,19). The number of anilines is 1. The molecule has 0 spiro atoms. The summed E-state index contributed by atoms with van der Waals surface area (Å²) in [6, 6.07) is 9.35. The van der Waals surface area contributed by atoms with E-state index in [-0.39, 0.29) is 5.91 Å². The molecule has 0 saturated carbocycles. The first-order chi connectivity index (χ1) is 9.10. The van der Waals surface area contributed by atoms with Crippen molar-refractivity contribution in [1.82, 2.24) is 4.98 Å². The van der Waals surface area contributed by atoms with Gasteiger partial charge in [0.25, 0.3) is 5.91 Å². The van der Waals surface area contributed by atoms with Crippen molar-refractivity contribution in [3.8, 4) is 0 Å². The number of amides is 1. The summed E-state index contributed by atoms with van der Waals surface area (Å²) in [6.45, 7) is 3.93. The van der Waals surface area contributed by atoms with Crippen molar-refractivity contribution in [2.24, 2.45) is 0 Å². The molecule has 0 aliphatic rings. The third-order valence-corrected chi connectivity index (χ3v) is 3.35. The quantitative estimate of drug-likeness (QED) is 0.930. The molecule has 1 heterocycles. The molecule has 0 atom stereocenters. The molecule has 0 radical (unpaired) electrons. The molecular weight excluding hydrogens is 304 g/mol. The lowest BCUT2D eigenvalue weighted by Crippen LogP contribution is -2.13. The zero-order valence-electron chi connectivity index (χ0n) is 10.9. The maximum atomic E-state index is 12.2. The van der Waals surface area contributed by atoms with Crippen LogP contribution in [0.2, 0.25) is 0 Å². The highest BCUT2D eigenvalue weighted by atomic mass is 79.9. The Morgan fingerprint density at radius 1 is 1.32 bits per heavy atom. The van der Waals surface area contributed by atoms with Crippen LogP contribution < -0.4 is 5.32 Å². The molecule has 19 heavy (non-hydrogen) atoms. The second kappa shape index (κ2) is 5.97. The van der Waals surface area contributed by atoms with Gasteiger partial charge in [0.05, 0.1) is 0 Å². The topological polar surface area (TPSA) is 42.0 Å². The molecule has 0 fully saturated rings. The van der Waals surface area contributed by atoms with Crippen LogP contribution in [0.3, 0.4) is 0 Å². The van der Waals surface area contributed by atoms with Gasteiger partial charge in [-0.1, -0.05) is 22.9 Å². The van der Waals surface area contributed by atoms with Crippen LogP contribution in [0.4, 0.5) is 5.69 Å². The Hall–Kier alpha value is -1.68. The summed E-state index contributed by atoms with van der Waals surface area (Å²) in [5, 5.41) is 2.94. The maximum absolute atomic E-state index is 12.2. The molecule has 2 aromatic rings. The Balaban J connectivity index is 2.24. The molecule has 2 rings (SSSR count). The van der Waals surface area contributed by atoms with Crippen molar-refractivity contribution >= 4 is 27.5 Å². The molecule has 1 aromatic carbocycles. The molecule has 98 valence electrons. The molecular formula is C15H15BrN2O. The van der Waals surface area contributed by atoms with Gasteiger partial charge in [-0.2, -0.15) is 0 Å². The monoisotopic (exact) mass is 318 g/mol. The lowest BCUT2D eigenvalue weighted by Gasteiger charge is -2.10. The fraction of sp³-hybridized carbons (Fsp3) is 0.200. The highest BCUT2D eigenvalue weighted by molar-refractivity contribution is 9.10. The van der Waals surface area contributed by atoms with Crippen LogP contribution in [0.1, 0.15) is 28.5 Å². The first kappa shape index (κ1) is 13.7. The fourth-order valence-electron chi connectivity index (χ4n) is 1.86. The summed E-state index contributed by atoms with van der Waals surface area (Å²) in [7, 11) is 0. The van der Waals surface area contributed by atoms with Crippen molar-refractivity contribution in [2.75, 3.05) is 5.32 Å². The number of rotatable bonds is 3. The van der Waals surface area contributed by atoms with E-state index in [1.165, 1.54) is 0 Å². The second-order valence-electron chi connectivity index (χ2n) is 4.30. The van der Waals surface area contributed by atoms with Crippen LogP contribution in [0.15, 0.2) is 41.0 Å². The molecule has 0 unspecified atom stereocenters. The Kier molecular flexibility index (Phi) is 4.32. The van der Waals surface area contributed by atoms with E-state index in [2.05, 4.69) is 33.2 Å². The SMILES string of the molecule is CCc1cc(Br)ccc1NC(=O)c1ccnc(C)c1. The highest BCUT2D eigenvalue weighted by Gasteiger charge is 2.09. The first-order valence-electron chi connectivity index (χ1n) is 6.12. The number of hydrogen-bond acceptors (Lipinski definition) is 2. The predicted molar refractivity (Wildman–Crippen MR) is 80.4 cm³/mol. The van der Waals surface area contributed by atoms with Gasteiger partial charge in [0.15, 0.2) is 0 Å². The number of carbonyl (C=O) groups is 1. The van der Waals surface area contributed by atoms with Gasteiger partial charge in [0, 0.05) is 27.6 Å². The Labute approximate surface area is 121 Å². The van der Waals surface area contributed by atoms with E-state index in [0.29, 0.717) is 5.56 Å². The average molecular weight is 319 g/mol. The second-order valence-corrected chi connectivity index (χ2v) is 5.21. The minimum Gasteiger partial charge on any atom is -0.322 e. The first-order valence-corrected chi connectivity index (χ1v) is 6.92. The fourth-order valence-corrected chi connectivity index (χ4v) is 2.27. The Morgan fingerprint density at radius 2 is 2.11 bits per heavy atom. The number of pyridine rings is 1. The van der Waals surface area contributed by atoms with Crippen LogP contribution in [0, 0.1) is 6.92 Å². The molecule has 3 nitrogen and oxygen atoms in total. The van der Waals surface area contributed by atoms with Crippen molar-refractivity contribution < 1.29 is 4.79 Å². The summed E-state index contributed by atoms with van der Waals surface area (Å²) in [5.41, 5.74) is 3.41. The molecule has 0 aliphatic carbocycles. The minimum atomic E-state index is -0.109. The van der Waals surface area contributed by atoms with Gasteiger partial charge in [-0.15, -0.1) is 0 Å². The normalized spacial score (nSPS) is 10.3. The average Bonchev–Trinajstić information content (AvgIpc) is 2.40. The van der Waals surface area contributed by atoms with E-state index in [1.54, 1.807) is 18.3 Å². The third kappa shape index (κ3) is 3.41. The van der Waals surface area contributed by atoms with Crippen molar-refractivity contribution in [3.63, 3.8) is 0 Å². The molecule has 1 aromatic heterocycles. The van der Waals surface area contributed by atoms with E-state index in [1.807, 2.05) is 25.1 Å². The minimum absolute atomic E-state index is 0.109. The smallest absolute Gasteiger partial charge is 0.255 e. The molecule has 1 N–H and O–H groups in total. The van der Waals surface area contributed by atoms with Gasteiger partial charge in [-0.25, -0.2) is 0 Å². The van der Waals surface area contributed by atoms with Crippen LogP contribution in [0.5, 0.6) is 0 Å². The number of aryl methyl sites for hydroxylation is 2. The van der Waals surface area contributed by atoms with Crippen LogP contribution in [-0.4, -0.2) is 10.9 Å². The maximum Gasteiger partial charge on any atom is 0.255 e. The van der Waals surface area contributed by atoms with E-state index >= 15 is 0 Å². The molecule has 0 aliphatic heterocycles. The number of halogens is 1. The Morgan fingerprint density at radius 3 is 2.79 bits per heavy atom. The third-order valence-electron chi connectivity index (χ3n) is 2.86. The van der Waals surface area contributed by atoms with E-state index in [4.69, 9.17) is 0 Å². The Bertz CT molecular complexity index is 611. The number of aromatic nitrogens is 1. The van der Waals surface area contributed by atoms with Gasteiger partial charge in [-0.3, -0.25) is 9.78 Å². The summed E-state index contributed by atoms with van der Waals surface area (Å²) in [6.07, 6.45) is 2.51. The molecule has 1 amide bonds. The lowest BCUT2D eigenvalue weighted by atomic mass is 10.1. The summed E-state index contributed by atoms with van der Waals surface area (Å²) in [5.74, 6) is -0.109. The lowest BCUT2D eigenvalue weighted by molar-refractivity contribution is 0.102.